The molecule has 1 amide bonds. The van der Waals surface area contributed by atoms with Crippen LogP contribution in [0.2, 0.25) is 0 Å². The van der Waals surface area contributed by atoms with Gasteiger partial charge in [-0.2, -0.15) is 5.10 Å². The first kappa shape index (κ1) is 12.7. The van der Waals surface area contributed by atoms with E-state index in [1.54, 1.807) is 0 Å². The summed E-state index contributed by atoms with van der Waals surface area (Å²) in [7, 11) is 0. The molecule has 0 unspecified atom stereocenters. The van der Waals surface area contributed by atoms with Crippen LogP contribution < -0.4 is 5.32 Å². The number of carbonyl (C=O) groups excluding carboxylic acids is 1. The molecule has 2 aliphatic rings. The number of rotatable bonds is 3. The van der Waals surface area contributed by atoms with E-state index in [1.165, 1.54) is 19.3 Å². The summed E-state index contributed by atoms with van der Waals surface area (Å²) in [4.78, 5) is 12.2. The van der Waals surface area contributed by atoms with Crippen LogP contribution >= 0.6 is 0 Å². The second kappa shape index (κ2) is 4.96. The van der Waals surface area contributed by atoms with Gasteiger partial charge in [-0.25, -0.2) is 0 Å². The zero-order valence-corrected chi connectivity index (χ0v) is 11.5. The molecule has 5 heteroatoms. The number of amides is 1. The van der Waals surface area contributed by atoms with E-state index in [0.717, 1.165) is 24.2 Å². The van der Waals surface area contributed by atoms with Crippen molar-refractivity contribution in [3.8, 4) is 0 Å². The number of ether oxygens (including phenoxy) is 1. The Hall–Kier alpha value is -1.36. The number of H-pyrrole nitrogens is 1. The van der Waals surface area contributed by atoms with E-state index in [9.17, 15) is 4.79 Å². The van der Waals surface area contributed by atoms with Gasteiger partial charge in [0.05, 0.1) is 17.9 Å². The van der Waals surface area contributed by atoms with Crippen LogP contribution in [0.5, 0.6) is 0 Å². The van der Waals surface area contributed by atoms with E-state index in [0.29, 0.717) is 11.6 Å². The fourth-order valence-electron chi connectivity index (χ4n) is 2.88. The molecular weight excluding hydrogens is 242 g/mol. The number of aromatic nitrogens is 2. The minimum Gasteiger partial charge on any atom is -0.369 e. The lowest BCUT2D eigenvalue weighted by Gasteiger charge is -2.26. The lowest BCUT2D eigenvalue weighted by molar-refractivity contribution is -0.00697. The summed E-state index contributed by atoms with van der Waals surface area (Å²) in [6.07, 6.45) is 4.65. The molecular formula is C14H21N3O2. The van der Waals surface area contributed by atoms with Crippen LogP contribution in [0.25, 0.3) is 0 Å². The summed E-state index contributed by atoms with van der Waals surface area (Å²) in [5.74, 6) is 0.616. The summed E-state index contributed by atoms with van der Waals surface area (Å²) in [5.41, 5.74) is 2.53. The van der Waals surface area contributed by atoms with Crippen LogP contribution in [-0.2, 0) is 11.2 Å². The lowest BCUT2D eigenvalue weighted by Crippen LogP contribution is -2.33. The Morgan fingerprint density at radius 3 is 2.95 bits per heavy atom. The molecule has 5 nitrogen and oxygen atoms in total. The molecule has 1 aliphatic heterocycles. The summed E-state index contributed by atoms with van der Waals surface area (Å²) in [6, 6.07) is 0. The molecule has 0 bridgehead atoms. The van der Waals surface area contributed by atoms with Gasteiger partial charge in [0.25, 0.3) is 5.91 Å². The van der Waals surface area contributed by atoms with Gasteiger partial charge in [-0.1, -0.05) is 6.42 Å². The van der Waals surface area contributed by atoms with Gasteiger partial charge >= 0.3 is 0 Å². The standard InChI is InChI=1S/C14H21N3O2/c1-8-6-11-12(9(2)19-8)16-17-13(11)14(18)15-7-10-4-3-5-10/h8-10H,3-7H2,1-2H3,(H,15,18)(H,16,17)/t8-,9+/m1/s1. The number of fused-ring (bicyclic) bond motifs is 1. The van der Waals surface area contributed by atoms with E-state index >= 15 is 0 Å². The Morgan fingerprint density at radius 2 is 2.26 bits per heavy atom. The zero-order valence-electron chi connectivity index (χ0n) is 11.5. The molecule has 1 aliphatic carbocycles. The van der Waals surface area contributed by atoms with Crippen molar-refractivity contribution >= 4 is 5.91 Å². The highest BCUT2D eigenvalue weighted by Gasteiger charge is 2.29. The molecule has 0 radical (unpaired) electrons. The van der Waals surface area contributed by atoms with E-state index in [4.69, 9.17) is 4.74 Å². The molecule has 104 valence electrons. The van der Waals surface area contributed by atoms with Crippen molar-refractivity contribution < 1.29 is 9.53 Å². The van der Waals surface area contributed by atoms with E-state index in [2.05, 4.69) is 15.5 Å². The molecule has 3 rings (SSSR count). The largest absolute Gasteiger partial charge is 0.369 e. The molecule has 2 atom stereocenters. The van der Waals surface area contributed by atoms with Crippen molar-refractivity contribution in [2.45, 2.75) is 51.7 Å². The fraction of sp³-hybridized carbons (Fsp3) is 0.714. The van der Waals surface area contributed by atoms with Crippen LogP contribution in [0.15, 0.2) is 0 Å². The molecule has 0 spiro atoms. The zero-order chi connectivity index (χ0) is 13.4. The van der Waals surface area contributed by atoms with Gasteiger partial charge in [0.1, 0.15) is 0 Å². The van der Waals surface area contributed by atoms with E-state index in [-0.39, 0.29) is 18.1 Å². The molecule has 2 heterocycles. The van der Waals surface area contributed by atoms with Gasteiger partial charge in [-0.05, 0) is 32.6 Å². The van der Waals surface area contributed by atoms with Gasteiger partial charge in [0.2, 0.25) is 0 Å². The predicted molar refractivity (Wildman–Crippen MR) is 70.9 cm³/mol. The number of hydrogen-bond acceptors (Lipinski definition) is 3. The monoisotopic (exact) mass is 263 g/mol. The quantitative estimate of drug-likeness (QED) is 0.876. The average molecular weight is 263 g/mol. The van der Waals surface area contributed by atoms with Crippen molar-refractivity contribution in [1.29, 1.82) is 0 Å². The van der Waals surface area contributed by atoms with Gasteiger partial charge in [-0.3, -0.25) is 9.89 Å². The number of carbonyl (C=O) groups is 1. The van der Waals surface area contributed by atoms with Crippen LogP contribution in [-0.4, -0.2) is 28.8 Å². The third-order valence-corrected chi connectivity index (χ3v) is 4.22. The molecule has 0 aromatic carbocycles. The highest BCUT2D eigenvalue weighted by Crippen LogP contribution is 2.30. The van der Waals surface area contributed by atoms with Crippen molar-refractivity contribution in [3.05, 3.63) is 17.0 Å². The lowest BCUT2D eigenvalue weighted by atomic mass is 9.85. The van der Waals surface area contributed by atoms with Crippen LogP contribution in [0, 0.1) is 5.92 Å². The molecule has 1 aromatic rings. The summed E-state index contributed by atoms with van der Waals surface area (Å²) >= 11 is 0. The normalized spacial score (nSPS) is 26.6. The summed E-state index contributed by atoms with van der Waals surface area (Å²) in [5, 5.41) is 10.1. The molecule has 1 aromatic heterocycles. The number of nitrogens with zero attached hydrogens (tertiary/aromatic N) is 1. The molecule has 2 N–H and O–H groups in total. The van der Waals surface area contributed by atoms with Crippen LogP contribution in [0.4, 0.5) is 0 Å². The summed E-state index contributed by atoms with van der Waals surface area (Å²) < 4.78 is 5.73. The third kappa shape index (κ3) is 2.39. The van der Waals surface area contributed by atoms with Gasteiger partial charge in [0, 0.05) is 18.5 Å². The highest BCUT2D eigenvalue weighted by molar-refractivity contribution is 5.94. The maximum absolute atomic E-state index is 12.2. The van der Waals surface area contributed by atoms with Gasteiger partial charge < -0.3 is 10.1 Å². The van der Waals surface area contributed by atoms with Crippen molar-refractivity contribution in [1.82, 2.24) is 15.5 Å². The highest BCUT2D eigenvalue weighted by atomic mass is 16.5. The predicted octanol–water partition coefficient (Wildman–Crippen LogP) is 1.96. The fourth-order valence-corrected chi connectivity index (χ4v) is 2.88. The number of hydrogen-bond donors (Lipinski definition) is 2. The Balaban J connectivity index is 1.72. The minimum absolute atomic E-state index is 0.0144. The Morgan fingerprint density at radius 1 is 1.47 bits per heavy atom. The first-order chi connectivity index (χ1) is 9.15. The van der Waals surface area contributed by atoms with Crippen molar-refractivity contribution in [2.75, 3.05) is 6.54 Å². The van der Waals surface area contributed by atoms with E-state index < -0.39 is 0 Å². The summed E-state index contributed by atoms with van der Waals surface area (Å²) in [6.45, 7) is 4.80. The van der Waals surface area contributed by atoms with E-state index in [1.807, 2.05) is 13.8 Å². The Bertz CT molecular complexity index is 479. The Labute approximate surface area is 113 Å². The SMILES string of the molecule is C[C@@H]1Cc2c(C(=O)NCC3CCC3)n[nH]c2[C@H](C)O1. The van der Waals surface area contributed by atoms with Gasteiger partial charge in [-0.15, -0.1) is 0 Å². The first-order valence-electron chi connectivity index (χ1n) is 7.16. The third-order valence-electron chi connectivity index (χ3n) is 4.22. The van der Waals surface area contributed by atoms with Gasteiger partial charge in [0.15, 0.2) is 5.69 Å². The van der Waals surface area contributed by atoms with Crippen LogP contribution in [0.1, 0.15) is 61.0 Å². The maximum Gasteiger partial charge on any atom is 0.272 e. The minimum atomic E-state index is -0.0503. The molecule has 19 heavy (non-hydrogen) atoms. The Kier molecular flexibility index (Phi) is 3.31. The molecule has 1 fully saturated rings. The number of nitrogens with one attached hydrogen (secondary N) is 2. The molecule has 0 saturated heterocycles. The number of aromatic amines is 1. The van der Waals surface area contributed by atoms with Crippen LogP contribution in [0.3, 0.4) is 0 Å². The smallest absolute Gasteiger partial charge is 0.272 e. The maximum atomic E-state index is 12.2. The second-order valence-corrected chi connectivity index (χ2v) is 5.76. The van der Waals surface area contributed by atoms with Crippen molar-refractivity contribution in [2.24, 2.45) is 5.92 Å². The van der Waals surface area contributed by atoms with Crippen molar-refractivity contribution in [3.63, 3.8) is 0 Å². The first-order valence-corrected chi connectivity index (χ1v) is 7.16. The average Bonchev–Trinajstić information content (AvgIpc) is 2.70. The molecule has 1 saturated carbocycles. The topological polar surface area (TPSA) is 67.0 Å². The second-order valence-electron chi connectivity index (χ2n) is 5.76.